The number of benzene rings is 2. The molecule has 0 aliphatic rings. The fourth-order valence-corrected chi connectivity index (χ4v) is 2.46. The maximum absolute atomic E-state index is 12.2. The van der Waals surface area contributed by atoms with E-state index in [1.807, 2.05) is 26.0 Å². The van der Waals surface area contributed by atoms with Crippen molar-refractivity contribution in [1.82, 2.24) is 10.9 Å². The number of ketones is 1. The molecule has 2 rings (SSSR count). The molecule has 148 valence electrons. The summed E-state index contributed by atoms with van der Waals surface area (Å²) in [4.78, 5) is 36.2. The van der Waals surface area contributed by atoms with Crippen molar-refractivity contribution in [2.75, 3.05) is 13.7 Å². The van der Waals surface area contributed by atoms with Gasteiger partial charge in [0.15, 0.2) is 17.3 Å². The zero-order chi connectivity index (χ0) is 20.5. The van der Waals surface area contributed by atoms with Crippen molar-refractivity contribution in [3.05, 3.63) is 59.2 Å². The summed E-state index contributed by atoms with van der Waals surface area (Å²) in [6.07, 6.45) is 0.0290. The highest BCUT2D eigenvalue weighted by atomic mass is 16.5. The van der Waals surface area contributed by atoms with Gasteiger partial charge in [0.05, 0.1) is 13.7 Å². The van der Waals surface area contributed by atoms with Gasteiger partial charge >= 0.3 is 0 Å². The van der Waals surface area contributed by atoms with Gasteiger partial charge in [0.2, 0.25) is 5.91 Å². The third-order valence-electron chi connectivity index (χ3n) is 3.99. The van der Waals surface area contributed by atoms with Crippen molar-refractivity contribution in [2.45, 2.75) is 26.7 Å². The molecule has 2 N–H and O–H groups in total. The first-order valence-electron chi connectivity index (χ1n) is 8.94. The first-order valence-corrected chi connectivity index (χ1v) is 8.94. The summed E-state index contributed by atoms with van der Waals surface area (Å²) in [6, 6.07) is 11.9. The number of rotatable bonds is 8. The van der Waals surface area contributed by atoms with E-state index < -0.39 is 11.8 Å². The van der Waals surface area contributed by atoms with Gasteiger partial charge in [-0.1, -0.05) is 29.8 Å². The lowest BCUT2D eigenvalue weighted by molar-refractivity contribution is -0.121. The van der Waals surface area contributed by atoms with Crippen LogP contribution in [0.2, 0.25) is 0 Å². The zero-order valence-electron chi connectivity index (χ0n) is 16.2. The van der Waals surface area contributed by atoms with Crippen LogP contribution >= 0.6 is 0 Å². The Labute approximate surface area is 164 Å². The Kier molecular flexibility index (Phi) is 7.56. The number of nitrogens with one attached hydrogen (secondary N) is 2. The third kappa shape index (κ3) is 5.84. The Morgan fingerprint density at radius 2 is 1.57 bits per heavy atom. The summed E-state index contributed by atoms with van der Waals surface area (Å²) in [5.41, 5.74) is 6.56. The van der Waals surface area contributed by atoms with Crippen molar-refractivity contribution in [3.63, 3.8) is 0 Å². The van der Waals surface area contributed by atoms with Crippen LogP contribution in [0.4, 0.5) is 0 Å². The van der Waals surface area contributed by atoms with Crippen LogP contribution in [-0.4, -0.2) is 31.3 Å². The number of methoxy groups -OCH3 is 1. The van der Waals surface area contributed by atoms with Gasteiger partial charge in [0, 0.05) is 24.0 Å². The minimum Gasteiger partial charge on any atom is -0.493 e. The monoisotopic (exact) mass is 384 g/mol. The third-order valence-corrected chi connectivity index (χ3v) is 3.99. The molecule has 28 heavy (non-hydrogen) atoms. The molecule has 0 heterocycles. The lowest BCUT2D eigenvalue weighted by Crippen LogP contribution is -2.41. The minimum absolute atomic E-state index is 0.0282. The molecule has 0 radical (unpaired) electrons. The van der Waals surface area contributed by atoms with Crippen LogP contribution in [0.15, 0.2) is 42.5 Å². The lowest BCUT2D eigenvalue weighted by Gasteiger charge is -2.11. The maximum Gasteiger partial charge on any atom is 0.269 e. The van der Waals surface area contributed by atoms with Crippen LogP contribution in [0.5, 0.6) is 11.5 Å². The predicted octanol–water partition coefficient (Wildman–Crippen LogP) is 2.83. The van der Waals surface area contributed by atoms with Crippen molar-refractivity contribution >= 4 is 17.6 Å². The number of hydrogen-bond acceptors (Lipinski definition) is 5. The molecule has 0 spiro atoms. The Morgan fingerprint density at radius 1 is 0.893 bits per heavy atom. The fraction of sp³-hybridized carbons (Fsp3) is 0.286. The van der Waals surface area contributed by atoms with E-state index in [1.54, 1.807) is 24.3 Å². The van der Waals surface area contributed by atoms with Crippen LogP contribution in [0.3, 0.4) is 0 Å². The van der Waals surface area contributed by atoms with Crippen LogP contribution in [0.25, 0.3) is 0 Å². The number of carbonyl (C=O) groups excluding carboxylic acids is 3. The van der Waals surface area contributed by atoms with Gasteiger partial charge in [-0.15, -0.1) is 0 Å². The highest BCUT2D eigenvalue weighted by Gasteiger charge is 2.13. The molecule has 2 amide bonds. The smallest absolute Gasteiger partial charge is 0.269 e. The summed E-state index contributed by atoms with van der Waals surface area (Å²) in [6.45, 7) is 4.25. The number of Topliss-reactive ketones (excluding diaryl/α,β-unsaturated/α-hetero) is 1. The average molecular weight is 384 g/mol. The molecule has 0 saturated carbocycles. The standard InChI is InChI=1S/C21H24N2O5/c1-4-28-18-11-9-16(13-19(18)27-3)21(26)23-22-20(25)12-10-17(24)15-7-5-14(2)6-8-15/h5-9,11,13H,4,10,12H2,1-3H3,(H,22,25)(H,23,26). The first kappa shape index (κ1) is 21.0. The molecule has 0 atom stereocenters. The van der Waals surface area contributed by atoms with Gasteiger partial charge in [-0.2, -0.15) is 0 Å². The molecule has 0 aromatic heterocycles. The molecule has 0 aliphatic heterocycles. The Bertz CT molecular complexity index is 846. The van der Waals surface area contributed by atoms with E-state index in [-0.39, 0.29) is 18.6 Å². The van der Waals surface area contributed by atoms with E-state index >= 15 is 0 Å². The van der Waals surface area contributed by atoms with Crippen LogP contribution in [0.1, 0.15) is 46.0 Å². The number of hydrazine groups is 1. The molecule has 7 heteroatoms. The summed E-state index contributed by atoms with van der Waals surface area (Å²) >= 11 is 0. The highest BCUT2D eigenvalue weighted by Crippen LogP contribution is 2.27. The average Bonchev–Trinajstić information content (AvgIpc) is 2.71. The van der Waals surface area contributed by atoms with Gasteiger partial charge in [-0.25, -0.2) is 0 Å². The van der Waals surface area contributed by atoms with E-state index in [9.17, 15) is 14.4 Å². The Morgan fingerprint density at radius 3 is 2.21 bits per heavy atom. The van der Waals surface area contributed by atoms with E-state index in [2.05, 4.69) is 10.9 Å². The Hall–Kier alpha value is -3.35. The number of aryl methyl sites for hydroxylation is 1. The zero-order valence-corrected chi connectivity index (χ0v) is 16.2. The molecule has 2 aromatic rings. The molecule has 0 aliphatic carbocycles. The van der Waals surface area contributed by atoms with Gasteiger partial charge < -0.3 is 9.47 Å². The molecule has 0 unspecified atom stereocenters. The van der Waals surface area contributed by atoms with Crippen LogP contribution in [-0.2, 0) is 4.79 Å². The second-order valence-electron chi connectivity index (χ2n) is 6.09. The number of ether oxygens (including phenoxy) is 2. The molecule has 7 nitrogen and oxygen atoms in total. The van der Waals surface area contributed by atoms with Gasteiger partial charge in [-0.3, -0.25) is 25.2 Å². The summed E-state index contributed by atoms with van der Waals surface area (Å²) in [5, 5.41) is 0. The van der Waals surface area contributed by atoms with Crippen molar-refractivity contribution in [3.8, 4) is 11.5 Å². The second kappa shape index (κ2) is 10.1. The summed E-state index contributed by atoms with van der Waals surface area (Å²) < 4.78 is 10.6. The molecule has 0 fully saturated rings. The topological polar surface area (TPSA) is 93.7 Å². The minimum atomic E-state index is -0.500. The summed E-state index contributed by atoms with van der Waals surface area (Å²) in [5.74, 6) is -0.131. The van der Waals surface area contributed by atoms with Crippen LogP contribution < -0.4 is 20.3 Å². The molecular weight excluding hydrogens is 360 g/mol. The first-order chi connectivity index (χ1) is 13.4. The molecule has 0 bridgehead atoms. The van der Waals surface area contributed by atoms with Crippen molar-refractivity contribution in [1.29, 1.82) is 0 Å². The molecular formula is C21H24N2O5. The summed E-state index contributed by atoms with van der Waals surface area (Å²) in [7, 11) is 1.48. The Balaban J connectivity index is 1.84. The maximum atomic E-state index is 12.2. The van der Waals surface area contributed by atoms with Gasteiger partial charge in [-0.05, 0) is 32.0 Å². The van der Waals surface area contributed by atoms with E-state index in [0.29, 0.717) is 29.2 Å². The van der Waals surface area contributed by atoms with Gasteiger partial charge in [0.1, 0.15) is 0 Å². The van der Waals surface area contributed by atoms with E-state index in [4.69, 9.17) is 9.47 Å². The predicted molar refractivity (Wildman–Crippen MR) is 105 cm³/mol. The van der Waals surface area contributed by atoms with Crippen molar-refractivity contribution < 1.29 is 23.9 Å². The second-order valence-corrected chi connectivity index (χ2v) is 6.09. The normalized spacial score (nSPS) is 10.1. The SMILES string of the molecule is CCOc1ccc(C(=O)NNC(=O)CCC(=O)c2ccc(C)cc2)cc1OC. The lowest BCUT2D eigenvalue weighted by atomic mass is 10.1. The molecule has 0 saturated heterocycles. The van der Waals surface area contributed by atoms with Crippen LogP contribution in [0, 0.1) is 6.92 Å². The largest absolute Gasteiger partial charge is 0.493 e. The van der Waals surface area contributed by atoms with Gasteiger partial charge in [0.25, 0.3) is 5.91 Å². The molecule has 2 aromatic carbocycles. The number of amides is 2. The highest BCUT2D eigenvalue weighted by molar-refractivity contribution is 5.99. The van der Waals surface area contributed by atoms with E-state index in [0.717, 1.165) is 5.56 Å². The number of hydrogen-bond donors (Lipinski definition) is 2. The quantitative estimate of drug-likeness (QED) is 0.539. The number of carbonyl (C=O) groups is 3. The van der Waals surface area contributed by atoms with Crippen molar-refractivity contribution in [2.24, 2.45) is 0 Å². The van der Waals surface area contributed by atoms with E-state index in [1.165, 1.54) is 13.2 Å². The fourth-order valence-electron chi connectivity index (χ4n) is 2.46.